The molecule has 0 radical (unpaired) electrons. The minimum absolute atomic E-state index is 0.331. The highest BCUT2D eigenvalue weighted by Gasteiger charge is 2.17. The van der Waals surface area contributed by atoms with Gasteiger partial charge in [0.15, 0.2) is 0 Å². The van der Waals surface area contributed by atoms with Gasteiger partial charge in [-0.3, -0.25) is 4.55 Å². The van der Waals surface area contributed by atoms with Crippen molar-refractivity contribution in [3.8, 4) is 0 Å². The Kier molecular flexibility index (Phi) is 1.90. The zero-order valence-electron chi connectivity index (χ0n) is 5.59. The molecule has 1 rings (SSSR count). The minimum atomic E-state index is -4.45. The maximum atomic E-state index is 10.3. The zero-order valence-corrected chi connectivity index (χ0v) is 6.41. The van der Waals surface area contributed by atoms with E-state index in [0.29, 0.717) is 0 Å². The molecular formula is C5H4O6S. The Morgan fingerprint density at radius 1 is 1.50 bits per heavy atom. The van der Waals surface area contributed by atoms with Gasteiger partial charge < -0.3 is 9.52 Å². The number of hydrogen-bond donors (Lipinski definition) is 2. The van der Waals surface area contributed by atoms with Crippen LogP contribution in [0.2, 0.25) is 0 Å². The highest BCUT2D eigenvalue weighted by Crippen LogP contribution is 2.12. The van der Waals surface area contributed by atoms with Gasteiger partial charge in [-0.15, -0.1) is 0 Å². The predicted molar refractivity (Wildman–Crippen MR) is 35.5 cm³/mol. The first kappa shape index (κ1) is 8.75. The first-order valence-electron chi connectivity index (χ1n) is 2.70. The lowest BCUT2D eigenvalue weighted by Gasteiger charge is -1.85. The smallest absolute Gasteiger partial charge is 0.339 e. The van der Waals surface area contributed by atoms with Crippen LogP contribution in [0.5, 0.6) is 0 Å². The molecule has 6 nitrogen and oxygen atoms in total. The molecule has 0 aliphatic heterocycles. The fourth-order valence-corrected chi connectivity index (χ4v) is 1.01. The Morgan fingerprint density at radius 3 is 2.33 bits per heavy atom. The SMILES string of the molecule is O=C(O)c1coc(S(=O)(=O)O)c1. The molecule has 2 N–H and O–H groups in total. The lowest BCUT2D eigenvalue weighted by atomic mass is 10.4. The van der Waals surface area contributed by atoms with Crippen LogP contribution in [0.3, 0.4) is 0 Å². The third kappa shape index (κ3) is 1.63. The summed E-state index contributed by atoms with van der Waals surface area (Å²) < 4.78 is 33.3. The van der Waals surface area contributed by atoms with Crippen molar-refractivity contribution in [3.05, 3.63) is 17.9 Å². The van der Waals surface area contributed by atoms with Gasteiger partial charge in [-0.25, -0.2) is 4.79 Å². The van der Waals surface area contributed by atoms with Crippen molar-refractivity contribution in [2.24, 2.45) is 0 Å². The van der Waals surface area contributed by atoms with Crippen LogP contribution in [0.1, 0.15) is 10.4 Å². The molecule has 0 aliphatic rings. The van der Waals surface area contributed by atoms with Crippen LogP contribution in [-0.2, 0) is 10.1 Å². The highest BCUT2D eigenvalue weighted by molar-refractivity contribution is 7.85. The molecule has 0 amide bonds. The average Bonchev–Trinajstić information content (AvgIpc) is 2.30. The van der Waals surface area contributed by atoms with Crippen LogP contribution in [-0.4, -0.2) is 24.0 Å². The predicted octanol–water partition coefficient (Wildman–Crippen LogP) is 0.225. The van der Waals surface area contributed by atoms with Gasteiger partial charge in [-0.1, -0.05) is 0 Å². The van der Waals surface area contributed by atoms with Crippen LogP contribution in [0.15, 0.2) is 21.8 Å². The highest BCUT2D eigenvalue weighted by atomic mass is 32.2. The quantitative estimate of drug-likeness (QED) is 0.649. The fraction of sp³-hybridized carbons (Fsp3) is 0. The second-order valence-electron chi connectivity index (χ2n) is 1.93. The third-order valence-corrected chi connectivity index (χ3v) is 1.80. The Morgan fingerprint density at radius 2 is 2.08 bits per heavy atom. The second-order valence-corrected chi connectivity index (χ2v) is 3.29. The van der Waals surface area contributed by atoms with Gasteiger partial charge in [0.2, 0.25) is 5.09 Å². The lowest BCUT2D eigenvalue weighted by Crippen LogP contribution is -1.96. The van der Waals surface area contributed by atoms with Crippen LogP contribution < -0.4 is 0 Å². The van der Waals surface area contributed by atoms with E-state index in [0.717, 1.165) is 12.3 Å². The van der Waals surface area contributed by atoms with Crippen molar-refractivity contribution in [3.63, 3.8) is 0 Å². The molecule has 0 aliphatic carbocycles. The number of aromatic carboxylic acids is 1. The topological polar surface area (TPSA) is 105 Å². The van der Waals surface area contributed by atoms with Crippen molar-refractivity contribution in [2.45, 2.75) is 5.09 Å². The van der Waals surface area contributed by atoms with Gasteiger partial charge in [0.1, 0.15) is 6.26 Å². The van der Waals surface area contributed by atoms with E-state index in [-0.39, 0.29) is 5.56 Å². The third-order valence-electron chi connectivity index (χ3n) is 1.08. The van der Waals surface area contributed by atoms with Crippen LogP contribution in [0.4, 0.5) is 0 Å². The standard InChI is InChI=1S/C5H4O6S/c6-5(7)3-1-4(11-2-3)12(8,9)10/h1-2H,(H,6,7)(H,8,9,10). The number of carboxylic acid groups (broad SMARTS) is 1. The summed E-state index contributed by atoms with van der Waals surface area (Å²) in [5.74, 6) is -1.33. The van der Waals surface area contributed by atoms with Crippen molar-refractivity contribution >= 4 is 16.1 Å². The van der Waals surface area contributed by atoms with Gasteiger partial charge in [0.25, 0.3) is 0 Å². The summed E-state index contributed by atoms with van der Waals surface area (Å²) in [6, 6.07) is 0.720. The van der Waals surface area contributed by atoms with E-state index in [1.165, 1.54) is 0 Å². The Hall–Kier alpha value is -1.34. The van der Waals surface area contributed by atoms with E-state index in [1.54, 1.807) is 0 Å². The number of carbonyl (C=O) groups is 1. The van der Waals surface area contributed by atoms with Gasteiger partial charge in [-0.2, -0.15) is 8.42 Å². The maximum absolute atomic E-state index is 10.3. The fourth-order valence-electron chi connectivity index (χ4n) is 0.564. The van der Waals surface area contributed by atoms with Crippen molar-refractivity contribution in [2.75, 3.05) is 0 Å². The molecule has 0 fully saturated rings. The summed E-state index contributed by atoms with van der Waals surface area (Å²) in [6.07, 6.45) is 0.728. The molecular weight excluding hydrogens is 188 g/mol. The number of carboxylic acids is 1. The first-order chi connectivity index (χ1) is 5.41. The molecule has 0 aromatic carbocycles. The van der Waals surface area contributed by atoms with Crippen molar-refractivity contribution < 1.29 is 27.3 Å². The van der Waals surface area contributed by atoms with Gasteiger partial charge in [0, 0.05) is 6.07 Å². The summed E-state index contributed by atoms with van der Waals surface area (Å²) in [7, 11) is -4.45. The van der Waals surface area contributed by atoms with Crippen LogP contribution in [0.25, 0.3) is 0 Å². The normalized spacial score (nSPS) is 11.4. The van der Waals surface area contributed by atoms with Crippen LogP contribution in [0, 0.1) is 0 Å². The average molecular weight is 192 g/mol. The summed E-state index contributed by atoms with van der Waals surface area (Å²) in [5.41, 5.74) is -0.331. The van der Waals surface area contributed by atoms with Crippen molar-refractivity contribution in [1.82, 2.24) is 0 Å². The molecule has 7 heteroatoms. The molecule has 0 atom stereocenters. The molecule has 66 valence electrons. The molecule has 0 unspecified atom stereocenters. The molecule has 0 spiro atoms. The molecule has 1 heterocycles. The van der Waals surface area contributed by atoms with E-state index in [2.05, 4.69) is 4.42 Å². The van der Waals surface area contributed by atoms with E-state index in [9.17, 15) is 13.2 Å². The van der Waals surface area contributed by atoms with Crippen molar-refractivity contribution in [1.29, 1.82) is 0 Å². The Bertz CT molecular complexity index is 399. The number of hydrogen-bond acceptors (Lipinski definition) is 4. The van der Waals surface area contributed by atoms with E-state index >= 15 is 0 Å². The largest absolute Gasteiger partial charge is 0.478 e. The van der Waals surface area contributed by atoms with Gasteiger partial charge >= 0.3 is 16.1 Å². The second kappa shape index (κ2) is 2.61. The summed E-state index contributed by atoms with van der Waals surface area (Å²) in [4.78, 5) is 10.2. The molecule has 0 saturated heterocycles. The minimum Gasteiger partial charge on any atom is -0.478 e. The summed E-state index contributed by atoms with van der Waals surface area (Å²) >= 11 is 0. The van der Waals surface area contributed by atoms with E-state index < -0.39 is 21.2 Å². The Labute approximate surface area is 67.2 Å². The molecule has 0 bridgehead atoms. The van der Waals surface area contributed by atoms with Crippen LogP contribution >= 0.6 is 0 Å². The van der Waals surface area contributed by atoms with E-state index in [1.807, 2.05) is 0 Å². The van der Waals surface area contributed by atoms with Gasteiger partial charge in [-0.05, 0) is 0 Å². The Balaban J connectivity index is 3.17. The molecule has 12 heavy (non-hydrogen) atoms. The van der Waals surface area contributed by atoms with Gasteiger partial charge in [0.05, 0.1) is 5.56 Å². The zero-order chi connectivity index (χ0) is 9.35. The molecule has 1 aromatic heterocycles. The number of rotatable bonds is 2. The summed E-state index contributed by atoms with van der Waals surface area (Å²) in [5, 5.41) is 7.55. The molecule has 0 saturated carbocycles. The lowest BCUT2D eigenvalue weighted by molar-refractivity contribution is 0.0696. The summed E-state index contributed by atoms with van der Waals surface area (Å²) in [6.45, 7) is 0. The number of furan rings is 1. The van der Waals surface area contributed by atoms with E-state index in [4.69, 9.17) is 9.66 Å². The first-order valence-corrected chi connectivity index (χ1v) is 4.14. The monoisotopic (exact) mass is 192 g/mol. The maximum Gasteiger partial charge on any atom is 0.339 e. The molecule has 1 aromatic rings.